The van der Waals surface area contributed by atoms with E-state index >= 15 is 0 Å². The van der Waals surface area contributed by atoms with E-state index in [-0.39, 0.29) is 0 Å². The zero-order valence-electron chi connectivity index (χ0n) is 14.1. The maximum Gasteiger partial charge on any atom is 0.123 e. The summed E-state index contributed by atoms with van der Waals surface area (Å²) >= 11 is 0. The molecule has 2 nitrogen and oxygen atoms in total. The molecule has 0 amide bonds. The van der Waals surface area contributed by atoms with Gasteiger partial charge in [-0.3, -0.25) is 4.90 Å². The molecule has 0 unspecified atom stereocenters. The van der Waals surface area contributed by atoms with Crippen LogP contribution >= 0.6 is 0 Å². The lowest BCUT2D eigenvalue weighted by Gasteiger charge is -2.32. The van der Waals surface area contributed by atoms with Crippen LogP contribution in [-0.4, -0.2) is 24.6 Å². The van der Waals surface area contributed by atoms with E-state index < -0.39 is 0 Å². The summed E-state index contributed by atoms with van der Waals surface area (Å²) in [7, 11) is 0. The molecule has 3 rings (SSSR count). The van der Waals surface area contributed by atoms with Gasteiger partial charge in [0.15, 0.2) is 0 Å². The van der Waals surface area contributed by atoms with E-state index in [0.717, 1.165) is 24.8 Å². The van der Waals surface area contributed by atoms with Crippen molar-refractivity contribution in [1.82, 2.24) is 4.90 Å². The molecule has 1 fully saturated rings. The largest absolute Gasteiger partial charge is 0.494 e. The summed E-state index contributed by atoms with van der Waals surface area (Å²) in [6.45, 7) is 6.17. The summed E-state index contributed by atoms with van der Waals surface area (Å²) in [5.74, 6) is 1.87. The third kappa shape index (κ3) is 4.59. The van der Waals surface area contributed by atoms with E-state index in [1.807, 2.05) is 6.92 Å². The van der Waals surface area contributed by atoms with Crippen LogP contribution in [0.15, 0.2) is 54.6 Å². The highest BCUT2D eigenvalue weighted by atomic mass is 16.5. The Morgan fingerprint density at radius 3 is 2.39 bits per heavy atom. The number of nitrogens with zero attached hydrogens (tertiary/aromatic N) is 1. The van der Waals surface area contributed by atoms with Crippen LogP contribution in [0.5, 0.6) is 5.75 Å². The van der Waals surface area contributed by atoms with Crippen LogP contribution in [0.2, 0.25) is 0 Å². The lowest BCUT2D eigenvalue weighted by atomic mass is 9.90. The molecule has 1 aliphatic heterocycles. The molecule has 2 aromatic carbocycles. The minimum Gasteiger partial charge on any atom is -0.494 e. The summed E-state index contributed by atoms with van der Waals surface area (Å²) in [5.41, 5.74) is 2.79. The minimum atomic E-state index is 0.732. The quantitative estimate of drug-likeness (QED) is 0.777. The Morgan fingerprint density at radius 2 is 1.65 bits per heavy atom. The molecule has 1 saturated heterocycles. The van der Waals surface area contributed by atoms with Crippen LogP contribution < -0.4 is 4.74 Å². The number of hydrogen-bond donors (Lipinski definition) is 0. The second-order valence-electron chi connectivity index (χ2n) is 6.45. The molecule has 0 bridgehead atoms. The fraction of sp³-hybridized carbons (Fsp3) is 0.429. The molecule has 0 radical (unpaired) electrons. The highest BCUT2D eigenvalue weighted by Gasteiger charge is 2.20. The molecule has 0 saturated carbocycles. The van der Waals surface area contributed by atoms with Crippen LogP contribution in [0.25, 0.3) is 0 Å². The van der Waals surface area contributed by atoms with Crippen molar-refractivity contribution in [1.29, 1.82) is 0 Å². The first kappa shape index (κ1) is 16.1. The predicted molar refractivity (Wildman–Crippen MR) is 95.8 cm³/mol. The van der Waals surface area contributed by atoms with E-state index in [9.17, 15) is 0 Å². The lowest BCUT2D eigenvalue weighted by molar-refractivity contribution is 0.175. The maximum absolute atomic E-state index is 5.75. The molecule has 0 spiro atoms. The second-order valence-corrected chi connectivity index (χ2v) is 6.45. The summed E-state index contributed by atoms with van der Waals surface area (Å²) in [5, 5.41) is 0. The van der Waals surface area contributed by atoms with Crippen LogP contribution in [0.1, 0.15) is 30.9 Å². The van der Waals surface area contributed by atoms with Gasteiger partial charge >= 0.3 is 0 Å². The van der Waals surface area contributed by atoms with Crippen LogP contribution in [-0.2, 0) is 13.0 Å². The molecule has 2 aromatic rings. The first-order valence-corrected chi connectivity index (χ1v) is 8.82. The van der Waals surface area contributed by atoms with E-state index in [1.54, 1.807) is 0 Å². The number of para-hydroxylation sites is 1. The number of benzene rings is 2. The van der Waals surface area contributed by atoms with Crippen molar-refractivity contribution in [3.63, 3.8) is 0 Å². The molecular formula is C21H27NO. The Bertz CT molecular complexity index is 588. The summed E-state index contributed by atoms with van der Waals surface area (Å²) in [6, 6.07) is 19.4. The molecule has 1 heterocycles. The van der Waals surface area contributed by atoms with Crippen LogP contribution in [0.3, 0.4) is 0 Å². The zero-order chi connectivity index (χ0) is 15.9. The van der Waals surface area contributed by atoms with Crippen molar-refractivity contribution < 1.29 is 4.74 Å². The Hall–Kier alpha value is -1.80. The zero-order valence-corrected chi connectivity index (χ0v) is 14.1. The van der Waals surface area contributed by atoms with Gasteiger partial charge in [0.1, 0.15) is 5.75 Å². The number of piperidine rings is 1. The van der Waals surface area contributed by atoms with Crippen molar-refractivity contribution >= 4 is 0 Å². The van der Waals surface area contributed by atoms with E-state index in [1.165, 1.54) is 43.5 Å². The highest BCUT2D eigenvalue weighted by molar-refractivity contribution is 5.33. The monoisotopic (exact) mass is 309 g/mol. The molecule has 0 aromatic heterocycles. The van der Waals surface area contributed by atoms with Crippen LogP contribution in [0.4, 0.5) is 0 Å². The van der Waals surface area contributed by atoms with E-state index in [2.05, 4.69) is 59.5 Å². The standard InChI is InChI=1S/C21H27NO/c1-2-23-21-11-7-6-10-20(21)17-22-14-12-19(13-15-22)16-18-8-4-3-5-9-18/h3-11,19H,2,12-17H2,1H3. The normalized spacial score (nSPS) is 16.4. The van der Waals surface area contributed by atoms with Gasteiger partial charge in [-0.2, -0.15) is 0 Å². The first-order chi connectivity index (χ1) is 11.3. The number of hydrogen-bond acceptors (Lipinski definition) is 2. The smallest absolute Gasteiger partial charge is 0.123 e. The third-order valence-electron chi connectivity index (χ3n) is 4.74. The van der Waals surface area contributed by atoms with Crippen molar-refractivity contribution in [3.8, 4) is 5.75 Å². The maximum atomic E-state index is 5.75. The molecule has 0 aliphatic carbocycles. The van der Waals surface area contributed by atoms with Gasteiger partial charge in [-0.05, 0) is 56.8 Å². The van der Waals surface area contributed by atoms with Crippen molar-refractivity contribution in [2.24, 2.45) is 5.92 Å². The predicted octanol–water partition coefficient (Wildman–Crippen LogP) is 4.54. The Labute approximate surface area is 140 Å². The lowest BCUT2D eigenvalue weighted by Crippen LogP contribution is -2.34. The number of ether oxygens (including phenoxy) is 1. The molecule has 0 N–H and O–H groups in total. The molecule has 23 heavy (non-hydrogen) atoms. The molecule has 0 atom stereocenters. The van der Waals surface area contributed by atoms with Gasteiger partial charge in [0.05, 0.1) is 6.61 Å². The van der Waals surface area contributed by atoms with Gasteiger partial charge in [-0.15, -0.1) is 0 Å². The summed E-state index contributed by atoms with van der Waals surface area (Å²) in [4.78, 5) is 2.57. The Balaban J connectivity index is 1.51. The molecular weight excluding hydrogens is 282 g/mol. The summed E-state index contributed by atoms with van der Waals surface area (Å²) < 4.78 is 5.75. The van der Waals surface area contributed by atoms with Crippen molar-refractivity contribution in [3.05, 3.63) is 65.7 Å². The Morgan fingerprint density at radius 1 is 0.957 bits per heavy atom. The van der Waals surface area contributed by atoms with Gasteiger partial charge in [0.25, 0.3) is 0 Å². The second kappa shape index (κ2) is 8.16. The van der Waals surface area contributed by atoms with Gasteiger partial charge in [-0.25, -0.2) is 0 Å². The SMILES string of the molecule is CCOc1ccccc1CN1CCC(Cc2ccccc2)CC1. The molecule has 122 valence electrons. The molecule has 2 heteroatoms. The van der Waals surface area contributed by atoms with Crippen molar-refractivity contribution in [2.75, 3.05) is 19.7 Å². The number of rotatable bonds is 6. The highest BCUT2D eigenvalue weighted by Crippen LogP contribution is 2.25. The number of likely N-dealkylation sites (tertiary alicyclic amines) is 1. The fourth-order valence-electron chi connectivity index (χ4n) is 3.47. The Kier molecular flexibility index (Phi) is 5.71. The average molecular weight is 309 g/mol. The minimum absolute atomic E-state index is 0.732. The van der Waals surface area contributed by atoms with E-state index in [0.29, 0.717) is 0 Å². The third-order valence-corrected chi connectivity index (χ3v) is 4.74. The fourth-order valence-corrected chi connectivity index (χ4v) is 3.47. The average Bonchev–Trinajstić information content (AvgIpc) is 2.60. The van der Waals surface area contributed by atoms with Gasteiger partial charge in [-0.1, -0.05) is 48.5 Å². The van der Waals surface area contributed by atoms with Crippen molar-refractivity contribution in [2.45, 2.75) is 32.7 Å². The summed E-state index contributed by atoms with van der Waals surface area (Å²) in [6.07, 6.45) is 3.82. The van der Waals surface area contributed by atoms with Gasteiger partial charge < -0.3 is 4.74 Å². The topological polar surface area (TPSA) is 12.5 Å². The van der Waals surface area contributed by atoms with Crippen LogP contribution in [0, 0.1) is 5.92 Å². The first-order valence-electron chi connectivity index (χ1n) is 8.82. The van der Waals surface area contributed by atoms with Gasteiger partial charge in [0.2, 0.25) is 0 Å². The van der Waals surface area contributed by atoms with Gasteiger partial charge in [0, 0.05) is 12.1 Å². The molecule has 1 aliphatic rings. The van der Waals surface area contributed by atoms with E-state index in [4.69, 9.17) is 4.74 Å².